The third-order valence-corrected chi connectivity index (χ3v) is 2.20. The molecule has 0 saturated heterocycles. The van der Waals surface area contributed by atoms with E-state index in [1.807, 2.05) is 19.0 Å². The molecule has 0 aromatic heterocycles. The maximum Gasteiger partial charge on any atom is 0.0361 e. The highest BCUT2D eigenvalue weighted by molar-refractivity contribution is 7.79. The molecule has 1 aromatic carbocycles. The Kier molecular flexibility index (Phi) is 2.83. The largest absolute Gasteiger partial charge is 0.768 e. The molecule has 0 heterocycles. The lowest BCUT2D eigenvalue weighted by atomic mass is 10.3. The zero-order chi connectivity index (χ0) is 9.14. The molecule has 0 N–H and O–H groups in total. The first-order chi connectivity index (χ1) is 5.61. The Hall–Kier alpha value is -0.870. The summed E-state index contributed by atoms with van der Waals surface area (Å²) in [6.45, 7) is 0. The summed E-state index contributed by atoms with van der Waals surface area (Å²) >= 11 is -2.12. The average molecular weight is 184 g/mol. The fraction of sp³-hybridized carbons (Fsp3) is 0.250. The van der Waals surface area contributed by atoms with Gasteiger partial charge in [-0.25, -0.2) is 0 Å². The van der Waals surface area contributed by atoms with E-state index in [1.54, 1.807) is 24.3 Å². The van der Waals surface area contributed by atoms with Crippen LogP contribution in [0.4, 0.5) is 5.69 Å². The maximum atomic E-state index is 10.5. The van der Waals surface area contributed by atoms with Crippen molar-refractivity contribution in [3.63, 3.8) is 0 Å². The third-order valence-electron chi connectivity index (χ3n) is 1.55. The summed E-state index contributed by atoms with van der Waals surface area (Å²) < 4.78 is 20.9. The molecule has 4 heteroatoms. The second-order valence-electron chi connectivity index (χ2n) is 2.62. The molecular formula is C8H10NO2S-. The van der Waals surface area contributed by atoms with Gasteiger partial charge in [-0.1, -0.05) is 0 Å². The fourth-order valence-corrected chi connectivity index (χ4v) is 1.21. The summed E-state index contributed by atoms with van der Waals surface area (Å²) in [6, 6.07) is 6.70. The minimum absolute atomic E-state index is 0.320. The van der Waals surface area contributed by atoms with Crippen LogP contribution in [0.1, 0.15) is 0 Å². The van der Waals surface area contributed by atoms with Gasteiger partial charge >= 0.3 is 0 Å². The lowest BCUT2D eigenvalue weighted by Crippen LogP contribution is -2.08. The van der Waals surface area contributed by atoms with Crippen molar-refractivity contribution >= 4 is 16.8 Å². The molecule has 0 saturated carbocycles. The lowest BCUT2D eigenvalue weighted by molar-refractivity contribution is 0.537. The zero-order valence-corrected chi connectivity index (χ0v) is 7.80. The summed E-state index contributed by atoms with van der Waals surface area (Å²) in [5.74, 6) is 0. The normalized spacial score (nSPS) is 12.6. The third kappa shape index (κ3) is 2.06. The van der Waals surface area contributed by atoms with Gasteiger partial charge in [0.2, 0.25) is 0 Å². The number of nitrogens with zero attached hydrogens (tertiary/aromatic N) is 1. The summed E-state index contributed by atoms with van der Waals surface area (Å²) in [5, 5.41) is 0. The Bertz CT molecular complexity index is 282. The van der Waals surface area contributed by atoms with Crippen molar-refractivity contribution in [2.45, 2.75) is 4.90 Å². The molecule has 0 fully saturated rings. The van der Waals surface area contributed by atoms with Gasteiger partial charge in [0.15, 0.2) is 0 Å². The van der Waals surface area contributed by atoms with E-state index in [-0.39, 0.29) is 0 Å². The van der Waals surface area contributed by atoms with Crippen LogP contribution in [0.3, 0.4) is 0 Å². The second-order valence-corrected chi connectivity index (χ2v) is 3.56. The van der Waals surface area contributed by atoms with Gasteiger partial charge in [0.1, 0.15) is 0 Å². The van der Waals surface area contributed by atoms with Crippen LogP contribution in [0.2, 0.25) is 0 Å². The quantitative estimate of drug-likeness (QED) is 0.644. The van der Waals surface area contributed by atoms with Crippen molar-refractivity contribution in [2.75, 3.05) is 19.0 Å². The predicted molar refractivity (Wildman–Crippen MR) is 48.0 cm³/mol. The van der Waals surface area contributed by atoms with E-state index in [4.69, 9.17) is 0 Å². The maximum absolute atomic E-state index is 10.5. The first-order valence-electron chi connectivity index (χ1n) is 3.48. The van der Waals surface area contributed by atoms with Gasteiger partial charge in [0.25, 0.3) is 0 Å². The molecule has 0 aliphatic rings. The Morgan fingerprint density at radius 3 is 2.08 bits per heavy atom. The number of anilines is 1. The first-order valence-corrected chi connectivity index (χ1v) is 4.55. The molecule has 1 atom stereocenters. The topological polar surface area (TPSA) is 43.4 Å². The Balaban J connectivity index is 2.93. The van der Waals surface area contributed by atoms with Crippen LogP contribution < -0.4 is 4.90 Å². The molecule has 0 bridgehead atoms. The van der Waals surface area contributed by atoms with Crippen molar-refractivity contribution in [3.8, 4) is 0 Å². The molecule has 1 unspecified atom stereocenters. The Morgan fingerprint density at radius 1 is 1.25 bits per heavy atom. The smallest absolute Gasteiger partial charge is 0.0361 e. The van der Waals surface area contributed by atoms with E-state index in [9.17, 15) is 8.76 Å². The molecule has 0 aliphatic carbocycles. The minimum Gasteiger partial charge on any atom is -0.768 e. The molecule has 12 heavy (non-hydrogen) atoms. The van der Waals surface area contributed by atoms with E-state index in [0.717, 1.165) is 5.69 Å². The van der Waals surface area contributed by atoms with Gasteiger partial charge < -0.3 is 9.45 Å². The number of hydrogen-bond acceptors (Lipinski definition) is 3. The molecular weight excluding hydrogens is 174 g/mol. The standard InChI is InChI=1S/C8H11NO2S/c1-9(2)7-3-5-8(6-4-7)12(10)11/h3-6H,1-2H3,(H,10,11)/p-1. The highest BCUT2D eigenvalue weighted by Gasteiger charge is 1.94. The van der Waals surface area contributed by atoms with E-state index in [1.165, 1.54) is 0 Å². The van der Waals surface area contributed by atoms with Crippen LogP contribution in [0.15, 0.2) is 29.2 Å². The van der Waals surface area contributed by atoms with Gasteiger partial charge in [-0.2, -0.15) is 0 Å². The number of rotatable bonds is 2. The van der Waals surface area contributed by atoms with Gasteiger partial charge in [0.05, 0.1) is 0 Å². The van der Waals surface area contributed by atoms with E-state index < -0.39 is 11.1 Å². The first kappa shape index (κ1) is 9.22. The van der Waals surface area contributed by atoms with E-state index in [0.29, 0.717) is 4.90 Å². The molecule has 0 aliphatic heterocycles. The Morgan fingerprint density at radius 2 is 1.75 bits per heavy atom. The second kappa shape index (κ2) is 3.69. The lowest BCUT2D eigenvalue weighted by Gasteiger charge is -2.13. The van der Waals surface area contributed by atoms with E-state index in [2.05, 4.69) is 0 Å². The summed E-state index contributed by atoms with van der Waals surface area (Å²) in [4.78, 5) is 2.23. The molecule has 1 aromatic rings. The Labute approximate surface area is 74.3 Å². The van der Waals surface area contributed by atoms with Crippen LogP contribution >= 0.6 is 0 Å². The molecule has 3 nitrogen and oxygen atoms in total. The average Bonchev–Trinajstić information content (AvgIpc) is 2.04. The van der Waals surface area contributed by atoms with Gasteiger partial charge in [-0.3, -0.25) is 4.21 Å². The highest BCUT2D eigenvalue weighted by Crippen LogP contribution is 2.13. The van der Waals surface area contributed by atoms with Crippen LogP contribution in [-0.2, 0) is 11.1 Å². The minimum atomic E-state index is -2.12. The van der Waals surface area contributed by atoms with Crippen molar-refractivity contribution in [3.05, 3.63) is 24.3 Å². The van der Waals surface area contributed by atoms with Crippen molar-refractivity contribution < 1.29 is 8.76 Å². The zero-order valence-electron chi connectivity index (χ0n) is 6.98. The summed E-state index contributed by atoms with van der Waals surface area (Å²) in [5.41, 5.74) is 0.990. The molecule has 0 radical (unpaired) electrons. The fourth-order valence-electron chi connectivity index (χ4n) is 0.855. The summed E-state index contributed by atoms with van der Waals surface area (Å²) in [7, 11) is 3.81. The number of hydrogen-bond donors (Lipinski definition) is 0. The van der Waals surface area contributed by atoms with Gasteiger partial charge in [0, 0.05) is 24.7 Å². The SMILES string of the molecule is CN(C)c1ccc(S(=O)[O-])cc1. The van der Waals surface area contributed by atoms with Crippen molar-refractivity contribution in [1.82, 2.24) is 0 Å². The van der Waals surface area contributed by atoms with Gasteiger partial charge in [-0.15, -0.1) is 0 Å². The number of benzene rings is 1. The van der Waals surface area contributed by atoms with Crippen molar-refractivity contribution in [2.24, 2.45) is 0 Å². The van der Waals surface area contributed by atoms with Crippen LogP contribution in [0.5, 0.6) is 0 Å². The monoisotopic (exact) mass is 184 g/mol. The molecule has 66 valence electrons. The predicted octanol–water partition coefficient (Wildman–Crippen LogP) is 0.991. The van der Waals surface area contributed by atoms with Crippen LogP contribution in [-0.4, -0.2) is 22.9 Å². The van der Waals surface area contributed by atoms with Crippen LogP contribution in [0, 0.1) is 0 Å². The molecule has 0 amide bonds. The van der Waals surface area contributed by atoms with Gasteiger partial charge in [-0.05, 0) is 35.3 Å². The molecule has 1 rings (SSSR count). The van der Waals surface area contributed by atoms with E-state index >= 15 is 0 Å². The van der Waals surface area contributed by atoms with Crippen LogP contribution in [0.25, 0.3) is 0 Å². The van der Waals surface area contributed by atoms with Crippen molar-refractivity contribution in [1.29, 1.82) is 0 Å². The summed E-state index contributed by atoms with van der Waals surface area (Å²) in [6.07, 6.45) is 0. The highest BCUT2D eigenvalue weighted by atomic mass is 32.2. The molecule has 0 spiro atoms.